The number of hydrogen-bond donors (Lipinski definition) is 0. The van der Waals surface area contributed by atoms with Gasteiger partial charge in [0.15, 0.2) is 5.82 Å². The first-order valence-electron chi connectivity index (χ1n) is 6.37. The summed E-state index contributed by atoms with van der Waals surface area (Å²) in [7, 11) is 1.67. The normalized spacial score (nSPS) is 18.4. The van der Waals surface area contributed by atoms with E-state index in [9.17, 15) is 0 Å². The number of aromatic nitrogens is 3. The summed E-state index contributed by atoms with van der Waals surface area (Å²) in [5.41, 5.74) is 1.05. The highest BCUT2D eigenvalue weighted by molar-refractivity contribution is 5.56. The van der Waals surface area contributed by atoms with Crippen molar-refractivity contribution in [3.63, 3.8) is 0 Å². The molecule has 94 valence electrons. The van der Waals surface area contributed by atoms with Crippen LogP contribution in [0.2, 0.25) is 0 Å². The predicted molar refractivity (Wildman–Crippen MR) is 69.7 cm³/mol. The molecule has 0 bridgehead atoms. The van der Waals surface area contributed by atoms with E-state index >= 15 is 0 Å². The van der Waals surface area contributed by atoms with E-state index in [1.807, 2.05) is 28.9 Å². The molecule has 18 heavy (non-hydrogen) atoms. The van der Waals surface area contributed by atoms with Crippen molar-refractivity contribution >= 4 is 0 Å². The van der Waals surface area contributed by atoms with Crippen molar-refractivity contribution in [1.29, 1.82) is 0 Å². The summed E-state index contributed by atoms with van der Waals surface area (Å²) in [5.74, 6) is 3.31. The van der Waals surface area contributed by atoms with E-state index < -0.39 is 0 Å². The van der Waals surface area contributed by atoms with E-state index in [0.717, 1.165) is 29.5 Å². The largest absolute Gasteiger partial charge is 0.497 e. The van der Waals surface area contributed by atoms with Crippen molar-refractivity contribution in [1.82, 2.24) is 14.8 Å². The Hall–Kier alpha value is -1.84. The molecule has 0 fully saturated rings. The van der Waals surface area contributed by atoms with Gasteiger partial charge in [0.1, 0.15) is 11.6 Å². The minimum absolute atomic E-state index is 0.512. The molecule has 1 aromatic heterocycles. The Kier molecular flexibility index (Phi) is 2.78. The third-order valence-electron chi connectivity index (χ3n) is 3.50. The molecule has 0 saturated heterocycles. The Morgan fingerprint density at radius 3 is 2.72 bits per heavy atom. The van der Waals surface area contributed by atoms with E-state index in [-0.39, 0.29) is 0 Å². The van der Waals surface area contributed by atoms with Crippen LogP contribution in [-0.2, 0) is 6.54 Å². The van der Waals surface area contributed by atoms with Gasteiger partial charge in [-0.15, -0.1) is 0 Å². The van der Waals surface area contributed by atoms with Crippen LogP contribution in [0.3, 0.4) is 0 Å². The maximum absolute atomic E-state index is 5.16. The molecule has 0 radical (unpaired) electrons. The van der Waals surface area contributed by atoms with Crippen LogP contribution in [-0.4, -0.2) is 21.9 Å². The van der Waals surface area contributed by atoms with Crippen LogP contribution < -0.4 is 4.74 Å². The first kappa shape index (κ1) is 11.3. The summed E-state index contributed by atoms with van der Waals surface area (Å²) in [4.78, 5) is 4.67. The highest BCUT2D eigenvalue weighted by Gasteiger charge is 2.20. The van der Waals surface area contributed by atoms with Gasteiger partial charge < -0.3 is 4.74 Å². The van der Waals surface area contributed by atoms with E-state index in [1.54, 1.807) is 7.11 Å². The van der Waals surface area contributed by atoms with Gasteiger partial charge >= 0.3 is 0 Å². The molecule has 1 aliphatic rings. The third kappa shape index (κ3) is 1.88. The molecule has 0 aliphatic carbocycles. The summed E-state index contributed by atoms with van der Waals surface area (Å²) < 4.78 is 7.21. The fourth-order valence-electron chi connectivity index (χ4n) is 2.42. The monoisotopic (exact) mass is 243 g/mol. The molecule has 2 heterocycles. The van der Waals surface area contributed by atoms with Crippen LogP contribution in [0.25, 0.3) is 11.4 Å². The summed E-state index contributed by atoms with van der Waals surface area (Å²) >= 11 is 0. The molecule has 0 saturated carbocycles. The minimum atomic E-state index is 0.512. The second kappa shape index (κ2) is 4.44. The van der Waals surface area contributed by atoms with E-state index in [0.29, 0.717) is 5.92 Å². The van der Waals surface area contributed by atoms with Gasteiger partial charge in [0.05, 0.1) is 7.11 Å². The first-order valence-corrected chi connectivity index (χ1v) is 6.37. The molecule has 1 aliphatic heterocycles. The number of nitrogens with zero attached hydrogens (tertiary/aromatic N) is 3. The van der Waals surface area contributed by atoms with Gasteiger partial charge in [0, 0.05) is 18.0 Å². The van der Waals surface area contributed by atoms with Crippen LogP contribution in [0.15, 0.2) is 24.3 Å². The first-order chi connectivity index (χ1) is 8.78. The number of methoxy groups -OCH3 is 1. The van der Waals surface area contributed by atoms with Crippen LogP contribution in [0.5, 0.6) is 5.75 Å². The highest BCUT2D eigenvalue weighted by atomic mass is 16.5. The quantitative estimate of drug-likeness (QED) is 0.814. The second-order valence-corrected chi connectivity index (χ2v) is 4.79. The number of ether oxygens (including phenoxy) is 1. The maximum Gasteiger partial charge on any atom is 0.181 e. The van der Waals surface area contributed by atoms with Gasteiger partial charge in [-0.05, 0) is 37.1 Å². The fourth-order valence-corrected chi connectivity index (χ4v) is 2.42. The van der Waals surface area contributed by atoms with E-state index in [2.05, 4.69) is 17.0 Å². The van der Waals surface area contributed by atoms with Crippen molar-refractivity contribution in [2.75, 3.05) is 7.11 Å². The summed E-state index contributed by atoms with van der Waals surface area (Å²) in [5, 5.41) is 4.59. The van der Waals surface area contributed by atoms with Gasteiger partial charge in [-0.1, -0.05) is 6.92 Å². The molecular weight excluding hydrogens is 226 g/mol. The Bertz CT molecular complexity index is 545. The van der Waals surface area contributed by atoms with Gasteiger partial charge in [0.25, 0.3) is 0 Å². The Balaban J connectivity index is 1.96. The summed E-state index contributed by atoms with van der Waals surface area (Å²) in [6.45, 7) is 3.21. The van der Waals surface area contributed by atoms with Crippen LogP contribution in [0.4, 0.5) is 0 Å². The van der Waals surface area contributed by atoms with Gasteiger partial charge in [-0.2, -0.15) is 5.10 Å². The molecule has 1 aromatic carbocycles. The van der Waals surface area contributed by atoms with Crippen molar-refractivity contribution in [3.8, 4) is 17.1 Å². The topological polar surface area (TPSA) is 39.9 Å². The number of hydrogen-bond acceptors (Lipinski definition) is 3. The zero-order chi connectivity index (χ0) is 12.5. The van der Waals surface area contributed by atoms with Gasteiger partial charge in [0.2, 0.25) is 0 Å². The lowest BCUT2D eigenvalue weighted by Gasteiger charge is -2.17. The second-order valence-electron chi connectivity index (χ2n) is 4.79. The van der Waals surface area contributed by atoms with Crippen LogP contribution in [0.1, 0.15) is 31.5 Å². The average molecular weight is 243 g/mol. The molecule has 0 amide bonds. The maximum atomic E-state index is 5.16. The lowest BCUT2D eigenvalue weighted by atomic mass is 10.0. The van der Waals surface area contributed by atoms with Crippen molar-refractivity contribution < 1.29 is 4.74 Å². The average Bonchev–Trinajstić information content (AvgIpc) is 2.84. The standard InChI is InChI=1S/C14H17N3O/c1-10-4-3-9-17-14(10)15-13(16-17)11-5-7-12(18-2)8-6-11/h5-8,10H,3-4,9H2,1-2H3. The molecule has 1 atom stereocenters. The van der Waals surface area contributed by atoms with E-state index in [4.69, 9.17) is 4.74 Å². The Labute approximate surface area is 107 Å². The van der Waals surface area contributed by atoms with Crippen LogP contribution >= 0.6 is 0 Å². The summed E-state index contributed by atoms with van der Waals surface area (Å²) in [6.07, 6.45) is 2.40. The number of benzene rings is 1. The zero-order valence-electron chi connectivity index (χ0n) is 10.8. The molecule has 3 rings (SSSR count). The van der Waals surface area contributed by atoms with Crippen molar-refractivity contribution in [3.05, 3.63) is 30.1 Å². The van der Waals surface area contributed by atoms with E-state index in [1.165, 1.54) is 12.8 Å². The smallest absolute Gasteiger partial charge is 0.181 e. The predicted octanol–water partition coefficient (Wildman–Crippen LogP) is 2.85. The molecule has 0 N–H and O–H groups in total. The minimum Gasteiger partial charge on any atom is -0.497 e. The molecule has 4 nitrogen and oxygen atoms in total. The Morgan fingerprint density at radius 2 is 2.06 bits per heavy atom. The molecule has 4 heteroatoms. The highest BCUT2D eigenvalue weighted by Crippen LogP contribution is 2.27. The Morgan fingerprint density at radius 1 is 1.28 bits per heavy atom. The molecule has 0 spiro atoms. The lowest BCUT2D eigenvalue weighted by Crippen LogP contribution is -2.14. The number of fused-ring (bicyclic) bond motifs is 1. The molecular formula is C14H17N3O. The van der Waals surface area contributed by atoms with Crippen LogP contribution in [0, 0.1) is 0 Å². The fraction of sp³-hybridized carbons (Fsp3) is 0.429. The van der Waals surface area contributed by atoms with Gasteiger partial charge in [-0.25, -0.2) is 9.67 Å². The van der Waals surface area contributed by atoms with Gasteiger partial charge in [-0.3, -0.25) is 0 Å². The molecule has 1 unspecified atom stereocenters. The lowest BCUT2D eigenvalue weighted by molar-refractivity contribution is 0.415. The third-order valence-corrected chi connectivity index (χ3v) is 3.50. The number of aryl methyl sites for hydroxylation is 1. The zero-order valence-corrected chi connectivity index (χ0v) is 10.8. The molecule has 2 aromatic rings. The van der Waals surface area contributed by atoms with Crippen molar-refractivity contribution in [2.45, 2.75) is 32.2 Å². The summed E-state index contributed by atoms with van der Waals surface area (Å²) in [6, 6.07) is 7.90. The SMILES string of the molecule is COc1ccc(-c2nc3n(n2)CCCC3C)cc1. The number of rotatable bonds is 2. The van der Waals surface area contributed by atoms with Crippen molar-refractivity contribution in [2.24, 2.45) is 0 Å².